The van der Waals surface area contributed by atoms with Crippen molar-refractivity contribution in [3.63, 3.8) is 0 Å². The third-order valence-electron chi connectivity index (χ3n) is 3.01. The molecule has 2 rings (SSSR count). The Balaban J connectivity index is 2.77. The highest BCUT2D eigenvalue weighted by Gasteiger charge is 2.23. The van der Waals surface area contributed by atoms with Gasteiger partial charge < -0.3 is 19.7 Å². The van der Waals surface area contributed by atoms with Crippen LogP contribution in [-0.4, -0.2) is 19.4 Å². The largest absolute Gasteiger partial charge is 0.492 e. The van der Waals surface area contributed by atoms with Gasteiger partial charge in [0.1, 0.15) is 0 Å². The van der Waals surface area contributed by atoms with Crippen molar-refractivity contribution in [2.45, 2.75) is 19.8 Å². The van der Waals surface area contributed by atoms with Crippen LogP contribution in [0.3, 0.4) is 0 Å². The molecule has 0 fully saturated rings. The lowest BCUT2D eigenvalue weighted by Gasteiger charge is -2.19. The molecule has 0 unspecified atom stereocenters. The second-order valence-corrected chi connectivity index (χ2v) is 5.06. The number of methoxy groups -OCH3 is 2. The molecule has 0 aliphatic carbocycles. The summed E-state index contributed by atoms with van der Waals surface area (Å²) in [6, 6.07) is 3.43. The van der Waals surface area contributed by atoms with E-state index in [2.05, 4.69) is 19.0 Å². The van der Waals surface area contributed by atoms with Crippen molar-refractivity contribution in [3.8, 4) is 22.8 Å². The number of ether oxygens (including phenoxy) is 2. The number of hydrogen-bond donors (Lipinski definition) is 1. The number of anilines is 1. The minimum absolute atomic E-state index is 0.178. The van der Waals surface area contributed by atoms with Crippen molar-refractivity contribution >= 4 is 17.4 Å². The van der Waals surface area contributed by atoms with E-state index >= 15 is 0 Å². The Labute approximate surface area is 122 Å². The third kappa shape index (κ3) is 2.41. The van der Waals surface area contributed by atoms with Crippen molar-refractivity contribution in [1.29, 1.82) is 0 Å². The number of nitrogen functional groups attached to an aromatic ring is 1. The molecule has 1 aromatic heterocycles. The zero-order valence-electron chi connectivity index (χ0n) is 11.9. The first kappa shape index (κ1) is 14.5. The normalized spacial score (nSPS) is 10.9. The average Bonchev–Trinajstić information content (AvgIpc) is 2.83. The fourth-order valence-corrected chi connectivity index (χ4v) is 2.48. The van der Waals surface area contributed by atoms with Gasteiger partial charge in [0.25, 0.3) is 0 Å². The van der Waals surface area contributed by atoms with E-state index in [0.29, 0.717) is 28.1 Å². The van der Waals surface area contributed by atoms with Gasteiger partial charge in [-0.3, -0.25) is 0 Å². The van der Waals surface area contributed by atoms with Crippen molar-refractivity contribution in [1.82, 2.24) is 5.16 Å². The highest BCUT2D eigenvalue weighted by Crippen LogP contribution is 2.46. The fourth-order valence-electron chi connectivity index (χ4n) is 2.21. The Morgan fingerprint density at radius 1 is 1.20 bits per heavy atom. The first-order chi connectivity index (χ1) is 9.49. The van der Waals surface area contributed by atoms with E-state index in [1.54, 1.807) is 26.4 Å². The summed E-state index contributed by atoms with van der Waals surface area (Å²) in [6.45, 7) is 4.10. The Morgan fingerprint density at radius 2 is 1.85 bits per heavy atom. The number of hydrogen-bond acceptors (Lipinski definition) is 5. The summed E-state index contributed by atoms with van der Waals surface area (Å²) in [4.78, 5) is 0. The molecule has 5 nitrogen and oxygen atoms in total. The van der Waals surface area contributed by atoms with Crippen LogP contribution in [0.5, 0.6) is 11.5 Å². The van der Waals surface area contributed by atoms with Crippen molar-refractivity contribution in [2.75, 3.05) is 20.0 Å². The van der Waals surface area contributed by atoms with E-state index in [9.17, 15) is 0 Å². The Kier molecular flexibility index (Phi) is 4.09. The molecule has 0 spiro atoms. The minimum Gasteiger partial charge on any atom is -0.492 e. The van der Waals surface area contributed by atoms with Crippen LogP contribution in [0.2, 0.25) is 5.02 Å². The molecular formula is C14H17ClN2O3. The van der Waals surface area contributed by atoms with Crippen molar-refractivity contribution < 1.29 is 14.0 Å². The fraction of sp³-hybridized carbons (Fsp3) is 0.357. The molecule has 0 amide bonds. The van der Waals surface area contributed by atoms with Crippen LogP contribution in [0.1, 0.15) is 25.3 Å². The number of halogens is 1. The van der Waals surface area contributed by atoms with Crippen LogP contribution < -0.4 is 15.2 Å². The van der Waals surface area contributed by atoms with Gasteiger partial charge in [0.15, 0.2) is 23.1 Å². The summed E-state index contributed by atoms with van der Waals surface area (Å²) in [5.41, 5.74) is 7.35. The van der Waals surface area contributed by atoms with Crippen LogP contribution >= 0.6 is 11.6 Å². The molecular weight excluding hydrogens is 280 g/mol. The highest BCUT2D eigenvalue weighted by molar-refractivity contribution is 6.32. The molecule has 6 heteroatoms. The van der Waals surface area contributed by atoms with E-state index < -0.39 is 0 Å². The van der Waals surface area contributed by atoms with E-state index in [-0.39, 0.29) is 5.92 Å². The SMILES string of the molecule is COc1c(Cl)cc(-c2cc(N)no2)c(C(C)C)c1OC. The maximum Gasteiger partial charge on any atom is 0.179 e. The van der Waals surface area contributed by atoms with E-state index in [1.807, 2.05) is 0 Å². The number of nitrogens with two attached hydrogens (primary N) is 1. The molecule has 2 N–H and O–H groups in total. The number of benzene rings is 1. The quantitative estimate of drug-likeness (QED) is 0.931. The molecule has 0 radical (unpaired) electrons. The van der Waals surface area contributed by atoms with E-state index in [4.69, 9.17) is 31.3 Å². The minimum atomic E-state index is 0.178. The molecule has 0 atom stereocenters. The van der Waals surface area contributed by atoms with E-state index in [1.165, 1.54) is 0 Å². The number of aromatic nitrogens is 1. The Hall–Kier alpha value is -1.88. The zero-order chi connectivity index (χ0) is 14.9. The summed E-state index contributed by atoms with van der Waals surface area (Å²) in [7, 11) is 3.14. The van der Waals surface area contributed by atoms with Gasteiger partial charge >= 0.3 is 0 Å². The predicted octanol–water partition coefficient (Wildman–Crippen LogP) is 3.72. The van der Waals surface area contributed by atoms with Gasteiger partial charge in [-0.2, -0.15) is 0 Å². The summed E-state index contributed by atoms with van der Waals surface area (Å²) in [5.74, 6) is 2.15. The second kappa shape index (κ2) is 5.63. The standard InChI is InChI=1S/C14H17ClN2O3/c1-7(2)12-8(10-6-11(16)17-20-10)5-9(15)13(18-3)14(12)19-4/h5-7H,1-4H3,(H2,16,17). The van der Waals surface area contributed by atoms with Crippen LogP contribution in [0, 0.1) is 0 Å². The maximum absolute atomic E-state index is 6.25. The molecule has 1 aromatic carbocycles. The number of nitrogens with zero attached hydrogens (tertiary/aromatic N) is 1. The molecule has 20 heavy (non-hydrogen) atoms. The summed E-state index contributed by atoms with van der Waals surface area (Å²) in [5, 5.41) is 4.15. The lowest BCUT2D eigenvalue weighted by Crippen LogP contribution is -2.01. The smallest absolute Gasteiger partial charge is 0.179 e. The van der Waals surface area contributed by atoms with Gasteiger partial charge in [-0.25, -0.2) is 0 Å². The molecule has 1 heterocycles. The monoisotopic (exact) mass is 296 g/mol. The van der Waals surface area contributed by atoms with Crippen molar-refractivity contribution in [3.05, 3.63) is 22.7 Å². The van der Waals surface area contributed by atoms with Gasteiger partial charge in [-0.15, -0.1) is 0 Å². The Bertz CT molecular complexity index is 623. The van der Waals surface area contributed by atoms with Gasteiger partial charge in [0.2, 0.25) is 0 Å². The first-order valence-corrected chi connectivity index (χ1v) is 6.54. The molecule has 2 aromatic rings. The van der Waals surface area contributed by atoms with Gasteiger partial charge in [0, 0.05) is 17.2 Å². The topological polar surface area (TPSA) is 70.5 Å². The lowest BCUT2D eigenvalue weighted by molar-refractivity contribution is 0.350. The lowest BCUT2D eigenvalue weighted by atomic mass is 9.94. The number of rotatable bonds is 4. The van der Waals surface area contributed by atoms with Gasteiger partial charge in [-0.1, -0.05) is 30.6 Å². The third-order valence-corrected chi connectivity index (χ3v) is 3.29. The first-order valence-electron chi connectivity index (χ1n) is 6.16. The van der Waals surface area contributed by atoms with Crippen LogP contribution in [0.25, 0.3) is 11.3 Å². The van der Waals surface area contributed by atoms with Crippen LogP contribution in [0.4, 0.5) is 5.82 Å². The van der Waals surface area contributed by atoms with Gasteiger partial charge in [0.05, 0.1) is 19.2 Å². The average molecular weight is 297 g/mol. The molecule has 108 valence electrons. The van der Waals surface area contributed by atoms with Crippen LogP contribution in [-0.2, 0) is 0 Å². The van der Waals surface area contributed by atoms with Crippen molar-refractivity contribution in [2.24, 2.45) is 0 Å². The second-order valence-electron chi connectivity index (χ2n) is 4.66. The predicted molar refractivity (Wildman–Crippen MR) is 78.6 cm³/mol. The highest BCUT2D eigenvalue weighted by atomic mass is 35.5. The van der Waals surface area contributed by atoms with E-state index in [0.717, 1.165) is 11.1 Å². The summed E-state index contributed by atoms with van der Waals surface area (Å²) >= 11 is 6.25. The molecule has 0 saturated heterocycles. The summed E-state index contributed by atoms with van der Waals surface area (Å²) in [6.07, 6.45) is 0. The van der Waals surface area contributed by atoms with Crippen LogP contribution in [0.15, 0.2) is 16.7 Å². The molecule has 0 saturated carbocycles. The molecule has 0 bridgehead atoms. The molecule has 0 aliphatic heterocycles. The summed E-state index contributed by atoms with van der Waals surface area (Å²) < 4.78 is 16.0. The molecule has 0 aliphatic rings. The van der Waals surface area contributed by atoms with Gasteiger partial charge in [-0.05, 0) is 12.0 Å². The zero-order valence-corrected chi connectivity index (χ0v) is 12.6. The maximum atomic E-state index is 6.25. The Morgan fingerprint density at radius 3 is 2.30 bits per heavy atom.